The molecule has 3 saturated heterocycles. The maximum Gasteiger partial charge on any atom is 0.312 e. The van der Waals surface area contributed by atoms with Crippen LogP contribution in [0, 0.1) is 11.8 Å². The molecule has 1 N–H and O–H groups in total. The second kappa shape index (κ2) is 11.8. The van der Waals surface area contributed by atoms with Crippen LogP contribution in [-0.2, 0) is 30.3 Å². The van der Waals surface area contributed by atoms with Crippen LogP contribution >= 0.6 is 0 Å². The molecule has 1 aromatic rings. The lowest BCUT2D eigenvalue weighted by atomic mass is 9.70. The van der Waals surface area contributed by atoms with E-state index in [0.29, 0.717) is 25.8 Å². The molecule has 3 fully saturated rings. The van der Waals surface area contributed by atoms with Gasteiger partial charge in [-0.15, -0.1) is 6.58 Å². The molecule has 4 rings (SSSR count). The Kier molecular flexibility index (Phi) is 8.73. The van der Waals surface area contributed by atoms with E-state index in [1.54, 1.807) is 11.0 Å². The van der Waals surface area contributed by atoms with Gasteiger partial charge in [-0.3, -0.25) is 14.4 Å². The van der Waals surface area contributed by atoms with E-state index in [4.69, 9.17) is 9.47 Å². The van der Waals surface area contributed by atoms with Gasteiger partial charge in [0.05, 0.1) is 30.6 Å². The zero-order valence-corrected chi connectivity index (χ0v) is 22.5. The average Bonchev–Trinajstić information content (AvgIpc) is 3.56. The first-order valence-corrected chi connectivity index (χ1v) is 13.7. The zero-order chi connectivity index (χ0) is 27.4. The minimum Gasteiger partial charge on any atom is -0.461 e. The fourth-order valence-electron chi connectivity index (χ4n) is 6.76. The van der Waals surface area contributed by atoms with Crippen molar-refractivity contribution in [1.82, 2.24) is 9.80 Å². The van der Waals surface area contributed by atoms with Gasteiger partial charge in [0, 0.05) is 12.6 Å². The molecule has 8 nitrogen and oxygen atoms in total. The maximum absolute atomic E-state index is 14.4. The molecule has 3 aliphatic rings. The number of fused-ring (bicyclic) bond motifs is 1. The molecule has 3 unspecified atom stereocenters. The third-order valence-electron chi connectivity index (χ3n) is 8.35. The summed E-state index contributed by atoms with van der Waals surface area (Å²) < 4.78 is 11.9. The van der Waals surface area contributed by atoms with E-state index in [0.717, 1.165) is 18.4 Å². The Hall–Kier alpha value is -2.97. The van der Waals surface area contributed by atoms with Crippen molar-refractivity contribution in [3.63, 3.8) is 0 Å². The lowest BCUT2D eigenvalue weighted by Crippen LogP contribution is -2.60. The quantitative estimate of drug-likeness (QED) is 0.315. The molecule has 8 heteroatoms. The Balaban J connectivity index is 1.78. The lowest BCUT2D eigenvalue weighted by molar-refractivity contribution is -0.156. The number of hydrogen-bond donors (Lipinski definition) is 1. The highest BCUT2D eigenvalue weighted by molar-refractivity contribution is 5.98. The van der Waals surface area contributed by atoms with Gasteiger partial charge in [0.2, 0.25) is 11.8 Å². The second-order valence-electron chi connectivity index (χ2n) is 10.7. The number of ether oxygens (including phenoxy) is 2. The minimum absolute atomic E-state index is 0.0386. The van der Waals surface area contributed by atoms with E-state index < -0.39 is 41.6 Å². The van der Waals surface area contributed by atoms with E-state index in [1.807, 2.05) is 37.3 Å². The monoisotopic (exact) mass is 524 g/mol. The molecule has 3 aliphatic heterocycles. The van der Waals surface area contributed by atoms with Crippen molar-refractivity contribution in [2.24, 2.45) is 11.8 Å². The van der Waals surface area contributed by atoms with Crippen LogP contribution in [0.1, 0.15) is 45.1 Å². The van der Waals surface area contributed by atoms with Gasteiger partial charge in [-0.25, -0.2) is 0 Å². The fourth-order valence-corrected chi connectivity index (χ4v) is 6.76. The smallest absolute Gasteiger partial charge is 0.312 e. The normalized spacial score (nSPS) is 29.0. The molecule has 0 radical (unpaired) electrons. The Morgan fingerprint density at radius 3 is 2.66 bits per heavy atom. The van der Waals surface area contributed by atoms with Crippen LogP contribution in [0.2, 0.25) is 0 Å². The van der Waals surface area contributed by atoms with Crippen molar-refractivity contribution in [2.75, 3.05) is 19.8 Å². The molecular formula is C30H40N2O6. The fraction of sp³-hybridized carbons (Fsp3) is 0.567. The summed E-state index contributed by atoms with van der Waals surface area (Å²) in [6.45, 7) is 11.6. The Morgan fingerprint density at radius 2 is 2.03 bits per heavy atom. The molecule has 2 amide bonds. The molecule has 3 heterocycles. The number of hydrogen-bond acceptors (Lipinski definition) is 6. The van der Waals surface area contributed by atoms with Gasteiger partial charge in [-0.1, -0.05) is 62.4 Å². The van der Waals surface area contributed by atoms with Crippen molar-refractivity contribution in [2.45, 2.75) is 75.8 Å². The Bertz CT molecular complexity index is 1040. The predicted molar refractivity (Wildman–Crippen MR) is 143 cm³/mol. The number of carbonyl (C=O) groups is 3. The number of likely N-dealkylation sites (tertiary alicyclic amines) is 1. The van der Waals surface area contributed by atoms with Crippen LogP contribution in [0.4, 0.5) is 0 Å². The molecule has 0 saturated carbocycles. The number of aliphatic hydroxyl groups excluding tert-OH is 1. The standard InChI is InChI=1S/C30H40N2O6/c1-5-11-20(4)31(16-6-2)28(35)26-30-15-14-23(38-30)24(29(36)37-17-7-3)25(30)27(34)32(26)22(19-33)18-21-12-9-8-10-13-21/h6-10,12-13,20,22-26,33H,2-3,5,11,14-19H2,1,4H3/t20?,22-,23+,24-,25+,26?,30?/m1/s1. The third-order valence-corrected chi connectivity index (χ3v) is 8.35. The average molecular weight is 525 g/mol. The van der Waals surface area contributed by atoms with E-state index >= 15 is 0 Å². The summed E-state index contributed by atoms with van der Waals surface area (Å²) in [4.78, 5) is 45.1. The molecular weight excluding hydrogens is 484 g/mol. The number of aliphatic hydroxyl groups is 1. The molecule has 0 aromatic heterocycles. The third kappa shape index (κ3) is 4.80. The van der Waals surface area contributed by atoms with Gasteiger partial charge in [0.1, 0.15) is 18.2 Å². The molecule has 38 heavy (non-hydrogen) atoms. The van der Waals surface area contributed by atoms with E-state index in [-0.39, 0.29) is 31.1 Å². The first-order valence-electron chi connectivity index (χ1n) is 13.7. The Labute approximate surface area is 225 Å². The first kappa shape index (κ1) is 28.0. The highest BCUT2D eigenvalue weighted by atomic mass is 16.6. The summed E-state index contributed by atoms with van der Waals surface area (Å²) in [6.07, 6.45) is 5.80. The summed E-state index contributed by atoms with van der Waals surface area (Å²) in [6, 6.07) is 7.89. The summed E-state index contributed by atoms with van der Waals surface area (Å²) in [5.74, 6) is -2.71. The van der Waals surface area contributed by atoms with E-state index in [2.05, 4.69) is 20.1 Å². The number of esters is 1. The summed E-state index contributed by atoms with van der Waals surface area (Å²) in [5, 5.41) is 10.5. The highest BCUT2D eigenvalue weighted by Crippen LogP contribution is 2.59. The van der Waals surface area contributed by atoms with Gasteiger partial charge >= 0.3 is 5.97 Å². The van der Waals surface area contributed by atoms with Crippen LogP contribution < -0.4 is 0 Å². The maximum atomic E-state index is 14.4. The van der Waals surface area contributed by atoms with Crippen molar-refractivity contribution >= 4 is 17.8 Å². The highest BCUT2D eigenvalue weighted by Gasteiger charge is 2.75. The van der Waals surface area contributed by atoms with Gasteiger partial charge in [0.25, 0.3) is 0 Å². The van der Waals surface area contributed by atoms with Gasteiger partial charge < -0.3 is 24.4 Å². The molecule has 2 bridgehead atoms. The van der Waals surface area contributed by atoms with Crippen molar-refractivity contribution in [1.29, 1.82) is 0 Å². The van der Waals surface area contributed by atoms with Crippen molar-refractivity contribution < 1.29 is 29.0 Å². The SMILES string of the molecule is C=CCOC(=O)[C@@H]1[C@@H]2CCC3(O2)C(C(=O)N(CC=C)C(C)CCC)N([C@@H](CO)Cc2ccccc2)C(=O)[C@H]13. The summed E-state index contributed by atoms with van der Waals surface area (Å²) in [5.41, 5.74) is -0.207. The van der Waals surface area contributed by atoms with Crippen LogP contribution in [0.3, 0.4) is 0 Å². The first-order chi connectivity index (χ1) is 18.3. The van der Waals surface area contributed by atoms with Crippen LogP contribution in [0.25, 0.3) is 0 Å². The number of amides is 2. The zero-order valence-electron chi connectivity index (χ0n) is 22.5. The van der Waals surface area contributed by atoms with Gasteiger partial charge in [0.15, 0.2) is 0 Å². The van der Waals surface area contributed by atoms with E-state index in [9.17, 15) is 19.5 Å². The number of benzene rings is 1. The Morgan fingerprint density at radius 1 is 1.29 bits per heavy atom. The number of nitrogens with zero attached hydrogens (tertiary/aromatic N) is 2. The van der Waals surface area contributed by atoms with Crippen LogP contribution in [0.15, 0.2) is 55.6 Å². The summed E-state index contributed by atoms with van der Waals surface area (Å²) >= 11 is 0. The number of rotatable bonds is 13. The van der Waals surface area contributed by atoms with Crippen LogP contribution in [0.5, 0.6) is 0 Å². The molecule has 1 spiro atoms. The minimum atomic E-state index is -1.15. The molecule has 206 valence electrons. The van der Waals surface area contributed by atoms with Crippen molar-refractivity contribution in [3.05, 3.63) is 61.2 Å². The van der Waals surface area contributed by atoms with Gasteiger partial charge in [-0.2, -0.15) is 0 Å². The lowest BCUT2D eigenvalue weighted by Gasteiger charge is -2.41. The molecule has 0 aliphatic carbocycles. The van der Waals surface area contributed by atoms with Crippen LogP contribution in [-0.4, -0.2) is 82.3 Å². The second-order valence-corrected chi connectivity index (χ2v) is 10.7. The topological polar surface area (TPSA) is 96.4 Å². The van der Waals surface area contributed by atoms with Gasteiger partial charge in [-0.05, 0) is 38.2 Å². The van der Waals surface area contributed by atoms with Crippen molar-refractivity contribution in [3.8, 4) is 0 Å². The summed E-state index contributed by atoms with van der Waals surface area (Å²) in [7, 11) is 0. The number of carbonyl (C=O) groups excluding carboxylic acids is 3. The van der Waals surface area contributed by atoms with E-state index in [1.165, 1.54) is 11.0 Å². The largest absolute Gasteiger partial charge is 0.461 e. The predicted octanol–water partition coefficient (Wildman–Crippen LogP) is 2.90. The molecule has 7 atom stereocenters. The molecule has 1 aromatic carbocycles.